The van der Waals surface area contributed by atoms with E-state index < -0.39 is 5.60 Å². The van der Waals surface area contributed by atoms with Gasteiger partial charge in [0.1, 0.15) is 5.60 Å². The fourth-order valence-corrected chi connectivity index (χ4v) is 0.737. The number of hydrogen-bond acceptors (Lipinski definition) is 3. The first-order chi connectivity index (χ1) is 5.39. The van der Waals surface area contributed by atoms with Crippen LogP contribution in [0.25, 0.3) is 0 Å². The van der Waals surface area contributed by atoms with Crippen molar-refractivity contribution in [3.8, 4) is 0 Å². The summed E-state index contributed by atoms with van der Waals surface area (Å²) in [5.41, 5.74) is 5.29. The van der Waals surface area contributed by atoms with Crippen molar-refractivity contribution in [1.82, 2.24) is 0 Å². The lowest BCUT2D eigenvalue weighted by molar-refractivity contribution is -0.151. The van der Waals surface area contributed by atoms with E-state index in [1.165, 1.54) is 0 Å². The molecule has 0 amide bonds. The second-order valence-electron chi connectivity index (χ2n) is 3.47. The summed E-state index contributed by atoms with van der Waals surface area (Å²) in [5, 5.41) is 0. The van der Waals surface area contributed by atoms with E-state index in [9.17, 15) is 4.79 Å². The Morgan fingerprint density at radius 3 is 2.42 bits per heavy atom. The van der Waals surface area contributed by atoms with Gasteiger partial charge in [-0.15, -0.1) is 0 Å². The van der Waals surface area contributed by atoms with Crippen molar-refractivity contribution < 1.29 is 9.53 Å². The molecule has 2 N–H and O–H groups in total. The van der Waals surface area contributed by atoms with Crippen LogP contribution in [0.5, 0.6) is 0 Å². The van der Waals surface area contributed by atoms with Crippen molar-refractivity contribution in [1.29, 1.82) is 0 Å². The van der Waals surface area contributed by atoms with Gasteiger partial charge in [-0.2, -0.15) is 0 Å². The molecule has 0 aromatic carbocycles. The Balaban J connectivity index is 4.05. The van der Waals surface area contributed by atoms with Crippen LogP contribution in [0.4, 0.5) is 0 Å². The van der Waals surface area contributed by atoms with Crippen molar-refractivity contribution in [2.45, 2.75) is 32.8 Å². The lowest BCUT2D eigenvalue weighted by Gasteiger charge is -2.24. The Bertz CT molecular complexity index is 185. The van der Waals surface area contributed by atoms with Crippen molar-refractivity contribution >= 4 is 5.97 Å². The first kappa shape index (κ1) is 11.2. The molecule has 0 bridgehead atoms. The summed E-state index contributed by atoms with van der Waals surface area (Å²) in [6.45, 7) is 9.30. The van der Waals surface area contributed by atoms with Gasteiger partial charge in [0, 0.05) is 5.57 Å². The Morgan fingerprint density at radius 1 is 1.58 bits per heavy atom. The number of hydrogen-bond donors (Lipinski definition) is 1. The molecule has 0 aliphatic heterocycles. The molecule has 0 spiro atoms. The minimum absolute atomic E-state index is 0.353. The Kier molecular flexibility index (Phi) is 3.96. The van der Waals surface area contributed by atoms with Crippen molar-refractivity contribution in [3.05, 3.63) is 12.2 Å². The van der Waals surface area contributed by atoms with Crippen molar-refractivity contribution in [3.63, 3.8) is 0 Å². The smallest absolute Gasteiger partial charge is 0.333 e. The van der Waals surface area contributed by atoms with E-state index in [-0.39, 0.29) is 5.97 Å². The van der Waals surface area contributed by atoms with Crippen LogP contribution in [-0.2, 0) is 9.53 Å². The van der Waals surface area contributed by atoms with Crippen LogP contribution >= 0.6 is 0 Å². The van der Waals surface area contributed by atoms with Gasteiger partial charge in [0.15, 0.2) is 0 Å². The Labute approximate surface area is 73.6 Å². The second-order valence-corrected chi connectivity index (χ2v) is 3.47. The van der Waals surface area contributed by atoms with Crippen LogP contribution in [0.3, 0.4) is 0 Å². The monoisotopic (exact) mass is 171 g/mol. The fourth-order valence-electron chi connectivity index (χ4n) is 0.737. The number of nitrogens with two attached hydrogens (primary N) is 1. The molecule has 0 rings (SSSR count). The minimum atomic E-state index is -0.481. The fraction of sp³-hybridized carbons (Fsp3) is 0.667. The van der Waals surface area contributed by atoms with Gasteiger partial charge in [0.2, 0.25) is 0 Å². The summed E-state index contributed by atoms with van der Waals surface area (Å²) in [6, 6.07) is 0. The molecule has 0 atom stereocenters. The molecule has 0 aliphatic carbocycles. The maximum Gasteiger partial charge on any atom is 0.333 e. The molecular formula is C9H17NO2. The zero-order chi connectivity index (χ0) is 9.78. The van der Waals surface area contributed by atoms with Crippen molar-refractivity contribution in [2.24, 2.45) is 5.73 Å². The van der Waals surface area contributed by atoms with Gasteiger partial charge in [-0.1, -0.05) is 6.58 Å². The molecule has 0 aromatic heterocycles. The summed E-state index contributed by atoms with van der Waals surface area (Å²) in [6.07, 6.45) is 0.659. The molecule has 0 heterocycles. The summed E-state index contributed by atoms with van der Waals surface area (Å²) in [5.74, 6) is -0.353. The van der Waals surface area contributed by atoms with Crippen LogP contribution in [0.1, 0.15) is 27.2 Å². The predicted molar refractivity (Wildman–Crippen MR) is 48.7 cm³/mol. The van der Waals surface area contributed by atoms with Crippen LogP contribution < -0.4 is 5.73 Å². The highest BCUT2D eigenvalue weighted by molar-refractivity contribution is 5.87. The summed E-state index contributed by atoms with van der Waals surface area (Å²) in [7, 11) is 0. The lowest BCUT2D eigenvalue weighted by atomic mass is 10.1. The molecule has 0 aliphatic rings. The van der Waals surface area contributed by atoms with Gasteiger partial charge in [0.25, 0.3) is 0 Å². The Hall–Kier alpha value is -0.830. The van der Waals surface area contributed by atoms with E-state index in [2.05, 4.69) is 6.58 Å². The Morgan fingerprint density at radius 2 is 2.08 bits per heavy atom. The summed E-state index contributed by atoms with van der Waals surface area (Å²) < 4.78 is 5.12. The van der Waals surface area contributed by atoms with E-state index in [0.717, 1.165) is 0 Å². The summed E-state index contributed by atoms with van der Waals surface area (Å²) in [4.78, 5) is 11.1. The molecule has 3 heteroatoms. The van der Waals surface area contributed by atoms with Crippen LogP contribution in [0.2, 0.25) is 0 Å². The molecular weight excluding hydrogens is 154 g/mol. The highest BCUT2D eigenvalue weighted by atomic mass is 16.6. The van der Waals surface area contributed by atoms with Crippen LogP contribution in [0.15, 0.2) is 12.2 Å². The highest BCUT2D eigenvalue weighted by Gasteiger charge is 2.21. The van der Waals surface area contributed by atoms with E-state index >= 15 is 0 Å². The van der Waals surface area contributed by atoms with Crippen LogP contribution in [-0.4, -0.2) is 18.1 Å². The quantitative estimate of drug-likeness (QED) is 0.511. The molecule has 0 radical (unpaired) electrons. The third-order valence-corrected chi connectivity index (χ3v) is 1.46. The number of rotatable bonds is 4. The van der Waals surface area contributed by atoms with Gasteiger partial charge < -0.3 is 10.5 Å². The number of ether oxygens (including phenoxy) is 1. The van der Waals surface area contributed by atoms with E-state index in [4.69, 9.17) is 10.5 Å². The van der Waals surface area contributed by atoms with E-state index in [1.807, 2.05) is 13.8 Å². The largest absolute Gasteiger partial charge is 0.456 e. The van der Waals surface area contributed by atoms with Gasteiger partial charge in [-0.25, -0.2) is 4.79 Å². The molecule has 0 saturated heterocycles. The first-order valence-corrected chi connectivity index (χ1v) is 3.98. The third kappa shape index (κ3) is 4.13. The van der Waals surface area contributed by atoms with Gasteiger partial charge in [-0.05, 0) is 33.7 Å². The number of esters is 1. The van der Waals surface area contributed by atoms with Crippen LogP contribution in [0, 0.1) is 0 Å². The van der Waals surface area contributed by atoms with E-state index in [1.54, 1.807) is 6.92 Å². The lowest BCUT2D eigenvalue weighted by Crippen LogP contribution is -2.30. The van der Waals surface area contributed by atoms with Gasteiger partial charge in [-0.3, -0.25) is 0 Å². The van der Waals surface area contributed by atoms with Gasteiger partial charge in [0.05, 0.1) is 0 Å². The zero-order valence-corrected chi connectivity index (χ0v) is 8.02. The maximum atomic E-state index is 11.1. The first-order valence-electron chi connectivity index (χ1n) is 3.98. The zero-order valence-electron chi connectivity index (χ0n) is 8.02. The second kappa shape index (κ2) is 4.26. The SMILES string of the molecule is C=C(C)C(=O)OC(C)(C)CCN. The number of carbonyl (C=O) groups is 1. The topological polar surface area (TPSA) is 52.3 Å². The average molecular weight is 171 g/mol. The van der Waals surface area contributed by atoms with Crippen molar-refractivity contribution in [2.75, 3.05) is 6.54 Å². The highest BCUT2D eigenvalue weighted by Crippen LogP contribution is 2.14. The summed E-state index contributed by atoms with van der Waals surface area (Å²) >= 11 is 0. The third-order valence-electron chi connectivity index (χ3n) is 1.46. The normalized spacial score (nSPS) is 11.0. The molecule has 70 valence electrons. The average Bonchev–Trinajstić information content (AvgIpc) is 1.85. The predicted octanol–water partition coefficient (Wildman–Crippen LogP) is 1.23. The maximum absolute atomic E-state index is 11.1. The number of carbonyl (C=O) groups excluding carboxylic acids is 1. The van der Waals surface area contributed by atoms with E-state index in [0.29, 0.717) is 18.5 Å². The standard InChI is InChI=1S/C9H17NO2/c1-7(2)8(11)12-9(3,4)5-6-10/h1,5-6,10H2,2-4H3. The molecule has 12 heavy (non-hydrogen) atoms. The molecule has 0 saturated carbocycles. The molecule has 0 aromatic rings. The molecule has 0 fully saturated rings. The molecule has 0 unspecified atom stereocenters. The minimum Gasteiger partial charge on any atom is -0.456 e. The molecule has 3 nitrogen and oxygen atoms in total. The van der Waals surface area contributed by atoms with Gasteiger partial charge >= 0.3 is 5.97 Å².